The van der Waals surface area contributed by atoms with Gasteiger partial charge in [0, 0.05) is 18.3 Å². The van der Waals surface area contributed by atoms with E-state index in [1.54, 1.807) is 30.5 Å². The normalized spacial score (nSPS) is 19.6. The number of nitro groups is 1. The number of aliphatic carboxylic acids is 1. The number of aromatic nitrogens is 1. The van der Waals surface area contributed by atoms with Gasteiger partial charge in [0.1, 0.15) is 5.69 Å². The highest BCUT2D eigenvalue weighted by atomic mass is 16.6. The number of carbonyl (C=O) groups is 1. The summed E-state index contributed by atoms with van der Waals surface area (Å²) in [6.45, 7) is 2.63. The first-order valence-corrected chi connectivity index (χ1v) is 8.24. The number of fused-ring (bicyclic) bond motifs is 1. The van der Waals surface area contributed by atoms with Crippen molar-refractivity contribution in [2.24, 2.45) is 0 Å². The highest BCUT2D eigenvalue weighted by Gasteiger charge is 2.35. The lowest BCUT2D eigenvalue weighted by molar-refractivity contribution is -0.382. The minimum Gasteiger partial charge on any atom is -0.480 e. The molecule has 1 aromatic carbocycles. The fourth-order valence-corrected chi connectivity index (χ4v) is 3.35. The number of nitrogens with zero attached hydrogens (tertiary/aromatic N) is 3. The molecule has 132 valence electrons. The Labute approximate surface area is 144 Å². The summed E-state index contributed by atoms with van der Waals surface area (Å²) in [5.74, 6) is -0.837. The van der Waals surface area contributed by atoms with Gasteiger partial charge in [0.25, 0.3) is 0 Å². The van der Waals surface area contributed by atoms with Crippen molar-refractivity contribution in [3.05, 3.63) is 40.6 Å². The van der Waals surface area contributed by atoms with Crippen LogP contribution in [-0.2, 0) is 4.79 Å². The molecular weight excluding hydrogens is 324 g/mol. The predicted octanol–water partition coefficient (Wildman–Crippen LogP) is 2.49. The number of nitro benzene ring substituents is 1. The standard InChI is InChI=1S/C17H20N4O4/c1-2-20(10-16(22)23)12-8-11(9-12)19-15-6-5-14-13(4-3-7-18-14)17(15)21(24)25/h3-7,11-12,19H,2,8-10H2,1H3,(H,22,23). The molecule has 1 aromatic heterocycles. The molecule has 2 aromatic rings. The molecule has 0 radical (unpaired) electrons. The molecule has 0 atom stereocenters. The lowest BCUT2D eigenvalue weighted by atomic mass is 9.85. The number of benzene rings is 1. The number of pyridine rings is 1. The van der Waals surface area contributed by atoms with Gasteiger partial charge in [-0.05, 0) is 43.7 Å². The molecule has 8 heteroatoms. The molecule has 1 aliphatic rings. The van der Waals surface area contributed by atoms with Crippen molar-refractivity contribution >= 4 is 28.2 Å². The minimum atomic E-state index is -0.837. The number of rotatable bonds is 7. The second-order valence-corrected chi connectivity index (χ2v) is 6.21. The van der Waals surface area contributed by atoms with Crippen LogP contribution in [0.1, 0.15) is 19.8 Å². The molecule has 0 saturated heterocycles. The summed E-state index contributed by atoms with van der Waals surface area (Å²) in [6, 6.07) is 7.13. The van der Waals surface area contributed by atoms with E-state index >= 15 is 0 Å². The lowest BCUT2D eigenvalue weighted by Crippen LogP contribution is -2.51. The smallest absolute Gasteiger partial charge is 0.317 e. The zero-order valence-corrected chi connectivity index (χ0v) is 13.9. The van der Waals surface area contributed by atoms with Crippen LogP contribution in [-0.4, -0.2) is 51.1 Å². The minimum absolute atomic E-state index is 0.0235. The van der Waals surface area contributed by atoms with E-state index in [1.165, 1.54) is 0 Å². The molecule has 3 rings (SSSR count). The second-order valence-electron chi connectivity index (χ2n) is 6.21. The van der Waals surface area contributed by atoms with E-state index in [9.17, 15) is 14.9 Å². The van der Waals surface area contributed by atoms with Gasteiger partial charge < -0.3 is 10.4 Å². The molecule has 0 bridgehead atoms. The molecule has 25 heavy (non-hydrogen) atoms. The van der Waals surface area contributed by atoms with Gasteiger partial charge in [-0.2, -0.15) is 0 Å². The van der Waals surface area contributed by atoms with Crippen LogP contribution >= 0.6 is 0 Å². The maximum Gasteiger partial charge on any atom is 0.317 e. The van der Waals surface area contributed by atoms with Gasteiger partial charge in [-0.3, -0.25) is 24.8 Å². The molecule has 2 N–H and O–H groups in total. The second kappa shape index (κ2) is 7.02. The van der Waals surface area contributed by atoms with Gasteiger partial charge in [-0.1, -0.05) is 6.92 Å². The average Bonchev–Trinajstić information content (AvgIpc) is 2.55. The van der Waals surface area contributed by atoms with Crippen LogP contribution in [0.25, 0.3) is 10.9 Å². The fourth-order valence-electron chi connectivity index (χ4n) is 3.35. The quantitative estimate of drug-likeness (QED) is 0.586. The van der Waals surface area contributed by atoms with Crippen molar-refractivity contribution < 1.29 is 14.8 Å². The maximum absolute atomic E-state index is 11.5. The molecule has 1 saturated carbocycles. The lowest BCUT2D eigenvalue weighted by Gasteiger charge is -2.42. The van der Waals surface area contributed by atoms with Crippen LogP contribution in [0.5, 0.6) is 0 Å². The molecule has 1 aliphatic carbocycles. The van der Waals surface area contributed by atoms with E-state index < -0.39 is 5.97 Å². The van der Waals surface area contributed by atoms with Crippen molar-refractivity contribution in [3.8, 4) is 0 Å². The Morgan fingerprint density at radius 3 is 2.84 bits per heavy atom. The van der Waals surface area contributed by atoms with Crippen molar-refractivity contribution in [3.63, 3.8) is 0 Å². The Morgan fingerprint density at radius 1 is 1.44 bits per heavy atom. The SMILES string of the molecule is CCN(CC(=O)O)C1CC(Nc2ccc3ncccc3c2[N+](=O)[O-])C1. The zero-order valence-electron chi connectivity index (χ0n) is 13.9. The first-order chi connectivity index (χ1) is 12.0. The van der Waals surface area contributed by atoms with Gasteiger partial charge in [0.2, 0.25) is 0 Å². The Kier molecular flexibility index (Phi) is 4.80. The van der Waals surface area contributed by atoms with Crippen LogP contribution in [0.2, 0.25) is 0 Å². The zero-order chi connectivity index (χ0) is 18.0. The van der Waals surface area contributed by atoms with Crippen molar-refractivity contribution in [1.82, 2.24) is 9.88 Å². The summed E-state index contributed by atoms with van der Waals surface area (Å²) in [4.78, 5) is 28.1. The van der Waals surface area contributed by atoms with Crippen molar-refractivity contribution in [2.75, 3.05) is 18.4 Å². The molecule has 0 aliphatic heterocycles. The van der Waals surface area contributed by atoms with E-state index in [4.69, 9.17) is 5.11 Å². The van der Waals surface area contributed by atoms with Crippen LogP contribution in [0, 0.1) is 10.1 Å². The highest BCUT2D eigenvalue weighted by Crippen LogP contribution is 2.36. The third-order valence-corrected chi connectivity index (χ3v) is 4.67. The number of anilines is 1. The van der Waals surface area contributed by atoms with Gasteiger partial charge in [0.15, 0.2) is 0 Å². The van der Waals surface area contributed by atoms with Gasteiger partial charge in [-0.25, -0.2) is 0 Å². The molecule has 0 unspecified atom stereocenters. The summed E-state index contributed by atoms with van der Waals surface area (Å²) >= 11 is 0. The molecule has 0 amide bonds. The third kappa shape index (κ3) is 3.53. The Bertz CT molecular complexity index is 804. The summed E-state index contributed by atoms with van der Waals surface area (Å²) < 4.78 is 0. The van der Waals surface area contributed by atoms with Crippen LogP contribution < -0.4 is 5.32 Å². The molecular formula is C17H20N4O4. The Hall–Kier alpha value is -2.74. The number of nitrogens with one attached hydrogen (secondary N) is 1. The third-order valence-electron chi connectivity index (χ3n) is 4.67. The summed E-state index contributed by atoms with van der Waals surface area (Å²) in [6.07, 6.45) is 3.14. The van der Waals surface area contributed by atoms with Gasteiger partial charge >= 0.3 is 11.7 Å². The molecule has 1 fully saturated rings. The first-order valence-electron chi connectivity index (χ1n) is 8.24. The van der Waals surface area contributed by atoms with Crippen molar-refractivity contribution in [2.45, 2.75) is 31.8 Å². The van der Waals surface area contributed by atoms with Gasteiger partial charge in [0.05, 0.1) is 22.4 Å². The van der Waals surface area contributed by atoms with E-state index in [2.05, 4.69) is 10.3 Å². The largest absolute Gasteiger partial charge is 0.480 e. The number of hydrogen-bond donors (Lipinski definition) is 2. The summed E-state index contributed by atoms with van der Waals surface area (Å²) in [7, 11) is 0. The maximum atomic E-state index is 11.5. The molecule has 8 nitrogen and oxygen atoms in total. The molecule has 1 heterocycles. The highest BCUT2D eigenvalue weighted by molar-refractivity contribution is 5.94. The number of likely N-dealkylation sites (N-methyl/N-ethyl adjacent to an activating group) is 1. The average molecular weight is 344 g/mol. The summed E-state index contributed by atoms with van der Waals surface area (Å²) in [5, 5.41) is 24.2. The van der Waals surface area contributed by atoms with E-state index in [-0.39, 0.29) is 29.2 Å². The predicted molar refractivity (Wildman–Crippen MR) is 93.7 cm³/mol. The number of carboxylic acid groups (broad SMARTS) is 1. The molecule has 0 spiro atoms. The first kappa shape index (κ1) is 17.1. The van der Waals surface area contributed by atoms with E-state index in [0.717, 1.165) is 12.8 Å². The Morgan fingerprint density at radius 2 is 2.20 bits per heavy atom. The topological polar surface area (TPSA) is 109 Å². The van der Waals surface area contributed by atoms with Crippen molar-refractivity contribution in [1.29, 1.82) is 0 Å². The van der Waals surface area contributed by atoms with Crippen LogP contribution in [0.3, 0.4) is 0 Å². The van der Waals surface area contributed by atoms with E-state index in [1.807, 2.05) is 11.8 Å². The summed E-state index contributed by atoms with van der Waals surface area (Å²) in [5.41, 5.74) is 1.10. The number of hydrogen-bond acceptors (Lipinski definition) is 6. The van der Waals surface area contributed by atoms with Crippen LogP contribution in [0.4, 0.5) is 11.4 Å². The number of carboxylic acids is 1. The monoisotopic (exact) mass is 344 g/mol. The van der Waals surface area contributed by atoms with Crippen LogP contribution in [0.15, 0.2) is 30.5 Å². The van der Waals surface area contributed by atoms with Gasteiger partial charge in [-0.15, -0.1) is 0 Å². The Balaban J connectivity index is 1.73. The van der Waals surface area contributed by atoms with E-state index in [0.29, 0.717) is 23.1 Å². The fraction of sp³-hybridized carbons (Fsp3) is 0.412.